The lowest BCUT2D eigenvalue weighted by Gasteiger charge is -2.11. The molecular weight excluding hydrogens is 945 g/mol. The first kappa shape index (κ1) is 55.5. The minimum atomic E-state index is -0.942. The standard InChI is InChI=1S/C52H56O20/c1-4-47(53)65-30-26-61-22-18-59-20-24-63-28-32-67-51(57)71-39-10-6-37(7-11-39)49(55)69-41-14-16-43-44-17-15-42(35-46(44)36(3)45(43)34-41)70-50(56)38-8-12-40(13-9-38)72-52(58)68-33-29-64-25-21-60-19-23-62-27-31-66-48(54)5-2/h4-17,34-36H,1-2,18-33H2,3H3. The first-order valence-electron chi connectivity index (χ1n) is 22.7. The summed E-state index contributed by atoms with van der Waals surface area (Å²) in [4.78, 5) is 72.3. The normalized spacial score (nSPS) is 11.3. The monoisotopic (exact) mass is 1000 g/mol. The molecular formula is C52H56O20. The summed E-state index contributed by atoms with van der Waals surface area (Å²) in [6, 6.07) is 22.3. The van der Waals surface area contributed by atoms with Crippen molar-refractivity contribution in [2.24, 2.45) is 0 Å². The van der Waals surface area contributed by atoms with E-state index in [1.54, 1.807) is 24.3 Å². The Morgan fingerprint density at radius 2 is 0.681 bits per heavy atom. The van der Waals surface area contributed by atoms with Crippen molar-refractivity contribution in [1.29, 1.82) is 0 Å². The van der Waals surface area contributed by atoms with Crippen molar-refractivity contribution in [2.75, 3.05) is 106 Å². The molecule has 384 valence electrons. The number of hydrogen-bond acceptors (Lipinski definition) is 20. The van der Waals surface area contributed by atoms with Gasteiger partial charge in [-0.3, -0.25) is 0 Å². The van der Waals surface area contributed by atoms with Crippen LogP contribution in [0.3, 0.4) is 0 Å². The zero-order valence-electron chi connectivity index (χ0n) is 39.7. The molecule has 20 heteroatoms. The van der Waals surface area contributed by atoms with Crippen molar-refractivity contribution in [1.82, 2.24) is 0 Å². The highest BCUT2D eigenvalue weighted by Crippen LogP contribution is 2.47. The summed E-state index contributed by atoms with van der Waals surface area (Å²) in [6.45, 7) is 11.9. The Hall–Kier alpha value is -7.46. The molecule has 0 N–H and O–H groups in total. The smallest absolute Gasteiger partial charge is 0.460 e. The number of carbonyl (C=O) groups excluding carboxylic acids is 6. The van der Waals surface area contributed by atoms with E-state index in [0.717, 1.165) is 34.4 Å². The van der Waals surface area contributed by atoms with Gasteiger partial charge in [-0.15, -0.1) is 0 Å². The van der Waals surface area contributed by atoms with E-state index in [1.807, 2.05) is 19.1 Å². The largest absolute Gasteiger partial charge is 0.513 e. The second-order valence-electron chi connectivity index (χ2n) is 14.9. The molecule has 0 fully saturated rings. The Morgan fingerprint density at radius 1 is 0.389 bits per heavy atom. The maximum atomic E-state index is 13.1. The van der Waals surface area contributed by atoms with E-state index >= 15 is 0 Å². The second kappa shape index (κ2) is 31.0. The van der Waals surface area contributed by atoms with Gasteiger partial charge in [-0.25, -0.2) is 28.8 Å². The van der Waals surface area contributed by atoms with Gasteiger partial charge >= 0.3 is 36.2 Å². The molecule has 0 saturated heterocycles. The van der Waals surface area contributed by atoms with E-state index < -0.39 is 36.2 Å². The summed E-state index contributed by atoms with van der Waals surface area (Å²) in [7, 11) is 0. The van der Waals surface area contributed by atoms with E-state index in [4.69, 9.17) is 66.3 Å². The summed E-state index contributed by atoms with van der Waals surface area (Å²) in [5, 5.41) is 0. The zero-order valence-corrected chi connectivity index (χ0v) is 39.7. The molecule has 4 aromatic rings. The average molecular weight is 1000 g/mol. The highest BCUT2D eigenvalue weighted by atomic mass is 16.7. The van der Waals surface area contributed by atoms with Gasteiger partial charge in [0.15, 0.2) is 0 Å². The highest BCUT2D eigenvalue weighted by molar-refractivity contribution is 5.92. The fourth-order valence-electron chi connectivity index (χ4n) is 6.46. The van der Waals surface area contributed by atoms with Crippen LogP contribution in [-0.4, -0.2) is 142 Å². The Balaban J connectivity index is 0.947. The number of benzene rings is 4. The van der Waals surface area contributed by atoms with Crippen LogP contribution in [0.5, 0.6) is 23.0 Å². The molecule has 5 rings (SSSR count). The Morgan fingerprint density at radius 3 is 1.00 bits per heavy atom. The van der Waals surface area contributed by atoms with Crippen molar-refractivity contribution in [2.45, 2.75) is 12.8 Å². The third-order valence-corrected chi connectivity index (χ3v) is 9.93. The predicted octanol–water partition coefficient (Wildman–Crippen LogP) is 6.85. The molecule has 20 nitrogen and oxygen atoms in total. The summed E-state index contributed by atoms with van der Waals surface area (Å²) >= 11 is 0. The molecule has 0 spiro atoms. The molecule has 0 bridgehead atoms. The van der Waals surface area contributed by atoms with E-state index in [1.165, 1.54) is 48.5 Å². The number of rotatable bonds is 32. The topological polar surface area (TPSA) is 232 Å². The van der Waals surface area contributed by atoms with Crippen LogP contribution in [0.25, 0.3) is 11.1 Å². The molecule has 0 aromatic heterocycles. The van der Waals surface area contributed by atoms with Gasteiger partial charge in [0.2, 0.25) is 0 Å². The van der Waals surface area contributed by atoms with Gasteiger partial charge < -0.3 is 66.3 Å². The summed E-state index contributed by atoms with van der Waals surface area (Å²) in [5.41, 5.74) is 4.16. The van der Waals surface area contributed by atoms with Crippen LogP contribution in [0.2, 0.25) is 0 Å². The number of fused-ring (bicyclic) bond motifs is 3. The van der Waals surface area contributed by atoms with Crippen molar-refractivity contribution < 1.29 is 95.1 Å². The molecule has 4 aromatic carbocycles. The van der Waals surface area contributed by atoms with Gasteiger partial charge in [0, 0.05) is 18.1 Å². The van der Waals surface area contributed by atoms with E-state index in [9.17, 15) is 28.8 Å². The first-order valence-corrected chi connectivity index (χ1v) is 22.7. The summed E-state index contributed by atoms with van der Waals surface area (Å²) in [5.74, 6) is -1.42. The fraction of sp³-hybridized carbons (Fsp3) is 0.346. The van der Waals surface area contributed by atoms with Crippen LogP contribution in [0.1, 0.15) is 44.7 Å². The lowest BCUT2D eigenvalue weighted by Crippen LogP contribution is -2.16. The minimum Gasteiger partial charge on any atom is -0.460 e. The Labute approximate surface area is 415 Å². The zero-order chi connectivity index (χ0) is 51.3. The minimum absolute atomic E-state index is 0.0510. The summed E-state index contributed by atoms with van der Waals surface area (Å²) < 4.78 is 73.4. The second-order valence-corrected chi connectivity index (χ2v) is 14.9. The average Bonchev–Trinajstić information content (AvgIpc) is 3.66. The maximum absolute atomic E-state index is 13.1. The maximum Gasteiger partial charge on any atom is 0.513 e. The van der Waals surface area contributed by atoms with Crippen LogP contribution in [0, 0.1) is 0 Å². The quantitative estimate of drug-likeness (QED) is 0.0122. The molecule has 72 heavy (non-hydrogen) atoms. The first-order chi connectivity index (χ1) is 35.0. The molecule has 0 amide bonds. The van der Waals surface area contributed by atoms with E-state index in [2.05, 4.69) is 13.2 Å². The van der Waals surface area contributed by atoms with E-state index in [0.29, 0.717) is 51.1 Å². The highest BCUT2D eigenvalue weighted by Gasteiger charge is 2.27. The molecule has 0 unspecified atom stereocenters. The Kier molecular flexibility index (Phi) is 23.9. The number of ether oxygens (including phenoxy) is 14. The lowest BCUT2D eigenvalue weighted by atomic mass is 9.99. The number of carbonyl (C=O) groups is 6. The van der Waals surface area contributed by atoms with Crippen LogP contribution in [0.4, 0.5) is 9.59 Å². The fourth-order valence-corrected chi connectivity index (χ4v) is 6.46. The van der Waals surface area contributed by atoms with Crippen molar-refractivity contribution in [3.8, 4) is 34.1 Å². The third kappa shape index (κ3) is 19.4. The van der Waals surface area contributed by atoms with Crippen LogP contribution < -0.4 is 18.9 Å². The lowest BCUT2D eigenvalue weighted by molar-refractivity contribution is -0.140. The molecule has 1 aliphatic rings. The van der Waals surface area contributed by atoms with Gasteiger partial charge in [-0.2, -0.15) is 0 Å². The number of esters is 4. The molecule has 1 aliphatic carbocycles. The molecule has 0 radical (unpaired) electrons. The van der Waals surface area contributed by atoms with Gasteiger partial charge in [0.1, 0.15) is 49.4 Å². The molecule has 0 aliphatic heterocycles. The number of hydrogen-bond donors (Lipinski definition) is 0. The van der Waals surface area contributed by atoms with Crippen LogP contribution in [0.15, 0.2) is 110 Å². The van der Waals surface area contributed by atoms with Gasteiger partial charge in [-0.1, -0.05) is 32.2 Å². The SMILES string of the molecule is C=CC(=O)OCCOCCOCCOCCOC(=O)Oc1ccc(C(=O)Oc2ccc3c(c2)C(C)c2cc(OC(=O)c4ccc(OC(=O)OCCOCCOCCOCCOC(=O)C=C)cc4)ccc2-3)cc1. The molecule has 0 heterocycles. The van der Waals surface area contributed by atoms with Gasteiger partial charge in [-0.05, 0) is 95.1 Å². The molecule has 0 atom stereocenters. The van der Waals surface area contributed by atoms with Gasteiger partial charge in [0.05, 0.1) is 90.4 Å². The van der Waals surface area contributed by atoms with E-state index in [-0.39, 0.29) is 94.6 Å². The van der Waals surface area contributed by atoms with Crippen molar-refractivity contribution >= 4 is 36.2 Å². The third-order valence-electron chi connectivity index (χ3n) is 9.93. The van der Waals surface area contributed by atoms with Crippen LogP contribution >= 0.6 is 0 Å². The summed E-state index contributed by atoms with van der Waals surface area (Å²) in [6.07, 6.45) is 0.270. The van der Waals surface area contributed by atoms with Crippen LogP contribution in [-0.2, 0) is 57.0 Å². The molecule has 0 saturated carbocycles. The Bertz CT molecular complexity index is 2250. The van der Waals surface area contributed by atoms with Crippen molar-refractivity contribution in [3.63, 3.8) is 0 Å². The predicted molar refractivity (Wildman–Crippen MR) is 253 cm³/mol. The van der Waals surface area contributed by atoms with Gasteiger partial charge in [0.25, 0.3) is 0 Å². The van der Waals surface area contributed by atoms with Crippen molar-refractivity contribution in [3.05, 3.63) is 132 Å².